The van der Waals surface area contributed by atoms with Gasteiger partial charge >= 0.3 is 5.97 Å². The molecule has 0 bridgehead atoms. The number of carbonyl (C=O) groups is 1. The molecule has 1 aliphatic carbocycles. The fourth-order valence-corrected chi connectivity index (χ4v) is 2.81. The molecule has 1 saturated carbocycles. The highest BCUT2D eigenvalue weighted by atomic mass is 16.4. The van der Waals surface area contributed by atoms with E-state index in [-0.39, 0.29) is 0 Å². The average Bonchev–Trinajstić information content (AvgIpc) is 1.93. The Balaban J connectivity index is 1.88. The Kier molecular flexibility index (Phi) is 2.77. The Labute approximate surface area is 85.1 Å². The molecule has 0 aromatic carbocycles. The van der Waals surface area contributed by atoms with Gasteiger partial charge in [0.1, 0.15) is 0 Å². The Morgan fingerprint density at radius 2 is 2.07 bits per heavy atom. The van der Waals surface area contributed by atoms with Gasteiger partial charge in [-0.3, -0.25) is 4.79 Å². The molecule has 1 aliphatic heterocycles. The van der Waals surface area contributed by atoms with Crippen LogP contribution in [0.1, 0.15) is 25.7 Å². The first-order valence-corrected chi connectivity index (χ1v) is 5.57. The van der Waals surface area contributed by atoms with Gasteiger partial charge in [0.05, 0.1) is 0 Å². The van der Waals surface area contributed by atoms with Crippen molar-refractivity contribution >= 4 is 5.97 Å². The van der Waals surface area contributed by atoms with Crippen LogP contribution in [0.3, 0.4) is 0 Å². The summed E-state index contributed by atoms with van der Waals surface area (Å²) in [7, 11) is 2.11. The highest BCUT2D eigenvalue weighted by Crippen LogP contribution is 2.41. The molecule has 0 aromatic rings. The molecule has 1 N–H and O–H groups in total. The Morgan fingerprint density at radius 3 is 2.43 bits per heavy atom. The lowest BCUT2D eigenvalue weighted by Crippen LogP contribution is -2.50. The lowest BCUT2D eigenvalue weighted by atomic mass is 9.67. The minimum atomic E-state index is -0.614. The molecule has 2 rings (SSSR count). The summed E-state index contributed by atoms with van der Waals surface area (Å²) in [6.07, 6.45) is 4.23. The van der Waals surface area contributed by atoms with Crippen LogP contribution in [-0.4, -0.2) is 36.1 Å². The third-order valence-corrected chi connectivity index (χ3v) is 3.86. The summed E-state index contributed by atoms with van der Waals surface area (Å²) in [6, 6.07) is 0. The maximum Gasteiger partial charge on any atom is 0.303 e. The van der Waals surface area contributed by atoms with Crippen LogP contribution in [0, 0.1) is 17.8 Å². The second-order valence-corrected chi connectivity index (χ2v) is 4.93. The topological polar surface area (TPSA) is 40.5 Å². The molecule has 2 fully saturated rings. The summed E-state index contributed by atoms with van der Waals surface area (Å²) in [5, 5.41) is 8.87. The van der Waals surface area contributed by atoms with E-state index >= 15 is 0 Å². The van der Waals surface area contributed by atoms with Crippen LogP contribution < -0.4 is 0 Å². The quantitative estimate of drug-likeness (QED) is 0.741. The van der Waals surface area contributed by atoms with Gasteiger partial charge in [-0.15, -0.1) is 0 Å². The average molecular weight is 197 g/mol. The van der Waals surface area contributed by atoms with E-state index in [4.69, 9.17) is 5.11 Å². The minimum Gasteiger partial charge on any atom is -0.481 e. The SMILES string of the molecule is CN1CC(C(CC(=O)O)C2CCC2)C1. The first kappa shape index (κ1) is 9.97. The van der Waals surface area contributed by atoms with Gasteiger partial charge in [-0.25, -0.2) is 0 Å². The zero-order valence-corrected chi connectivity index (χ0v) is 8.78. The molecular weight excluding hydrogens is 178 g/mol. The van der Waals surface area contributed by atoms with Gasteiger partial charge in [-0.2, -0.15) is 0 Å². The van der Waals surface area contributed by atoms with Crippen LogP contribution in [0.2, 0.25) is 0 Å². The largest absolute Gasteiger partial charge is 0.481 e. The third-order valence-electron chi connectivity index (χ3n) is 3.86. The molecule has 0 aromatic heterocycles. The Hall–Kier alpha value is -0.570. The molecule has 0 spiro atoms. The lowest BCUT2D eigenvalue weighted by molar-refractivity contribution is -0.140. The standard InChI is InChI=1S/C11H19NO2/c1-12-6-9(7-12)10(5-11(13)14)8-3-2-4-8/h8-10H,2-7H2,1H3,(H,13,14). The zero-order chi connectivity index (χ0) is 10.1. The second-order valence-electron chi connectivity index (χ2n) is 4.93. The third kappa shape index (κ3) is 1.92. The molecule has 3 heteroatoms. The van der Waals surface area contributed by atoms with Crippen molar-refractivity contribution in [2.75, 3.05) is 20.1 Å². The molecule has 1 saturated heterocycles. The second kappa shape index (κ2) is 3.89. The maximum absolute atomic E-state index is 10.8. The van der Waals surface area contributed by atoms with E-state index in [1.807, 2.05) is 0 Å². The minimum absolute atomic E-state index is 0.392. The zero-order valence-electron chi connectivity index (χ0n) is 8.78. The first-order valence-electron chi connectivity index (χ1n) is 5.57. The van der Waals surface area contributed by atoms with Crippen LogP contribution in [0.4, 0.5) is 0 Å². The fraction of sp³-hybridized carbons (Fsp3) is 0.909. The number of nitrogens with zero attached hydrogens (tertiary/aromatic N) is 1. The maximum atomic E-state index is 10.8. The van der Waals surface area contributed by atoms with Crippen LogP contribution in [0.15, 0.2) is 0 Å². The number of carboxylic acids is 1. The summed E-state index contributed by atoms with van der Waals surface area (Å²) in [5.74, 6) is 1.21. The molecule has 1 unspecified atom stereocenters. The van der Waals surface area contributed by atoms with Crippen LogP contribution in [-0.2, 0) is 4.79 Å². The lowest BCUT2D eigenvalue weighted by Gasteiger charge is -2.46. The normalized spacial score (nSPS) is 26.6. The van der Waals surface area contributed by atoms with Crippen molar-refractivity contribution in [3.63, 3.8) is 0 Å². The highest BCUT2D eigenvalue weighted by Gasteiger charge is 2.39. The Bertz CT molecular complexity index is 219. The van der Waals surface area contributed by atoms with Crippen molar-refractivity contribution in [3.8, 4) is 0 Å². The summed E-state index contributed by atoms with van der Waals surface area (Å²) in [6.45, 7) is 2.21. The molecule has 0 radical (unpaired) electrons. The summed E-state index contributed by atoms with van der Waals surface area (Å²) < 4.78 is 0. The number of aliphatic carboxylic acids is 1. The number of likely N-dealkylation sites (tertiary alicyclic amines) is 1. The fourth-order valence-electron chi connectivity index (χ4n) is 2.81. The van der Waals surface area contributed by atoms with Crippen molar-refractivity contribution in [3.05, 3.63) is 0 Å². The van der Waals surface area contributed by atoms with E-state index in [9.17, 15) is 4.79 Å². The van der Waals surface area contributed by atoms with E-state index in [1.54, 1.807) is 0 Å². The van der Waals surface area contributed by atoms with E-state index in [0.29, 0.717) is 24.2 Å². The smallest absolute Gasteiger partial charge is 0.303 e. The molecular formula is C11H19NO2. The van der Waals surface area contributed by atoms with Crippen molar-refractivity contribution in [2.24, 2.45) is 17.8 Å². The van der Waals surface area contributed by atoms with E-state index in [0.717, 1.165) is 13.1 Å². The van der Waals surface area contributed by atoms with Gasteiger partial charge < -0.3 is 10.0 Å². The predicted molar refractivity (Wildman–Crippen MR) is 54.1 cm³/mol. The van der Waals surface area contributed by atoms with Gasteiger partial charge in [0.15, 0.2) is 0 Å². The van der Waals surface area contributed by atoms with E-state index in [1.165, 1.54) is 19.3 Å². The number of rotatable bonds is 4. The van der Waals surface area contributed by atoms with Gasteiger partial charge in [-0.05, 0) is 24.8 Å². The van der Waals surface area contributed by atoms with Gasteiger partial charge in [0.25, 0.3) is 0 Å². The van der Waals surface area contributed by atoms with Crippen molar-refractivity contribution in [2.45, 2.75) is 25.7 Å². The molecule has 14 heavy (non-hydrogen) atoms. The van der Waals surface area contributed by atoms with Crippen LogP contribution in [0.5, 0.6) is 0 Å². The van der Waals surface area contributed by atoms with Crippen molar-refractivity contribution in [1.29, 1.82) is 0 Å². The predicted octanol–water partition coefficient (Wildman–Crippen LogP) is 1.44. The van der Waals surface area contributed by atoms with Crippen LogP contribution >= 0.6 is 0 Å². The summed E-state index contributed by atoms with van der Waals surface area (Å²) >= 11 is 0. The number of hydrogen-bond acceptors (Lipinski definition) is 2. The van der Waals surface area contributed by atoms with Gasteiger partial charge in [0, 0.05) is 19.5 Å². The Morgan fingerprint density at radius 1 is 1.43 bits per heavy atom. The molecule has 80 valence electrons. The molecule has 2 aliphatic rings. The van der Waals surface area contributed by atoms with E-state index < -0.39 is 5.97 Å². The summed E-state index contributed by atoms with van der Waals surface area (Å²) in [4.78, 5) is 13.0. The highest BCUT2D eigenvalue weighted by molar-refractivity contribution is 5.67. The van der Waals surface area contributed by atoms with Crippen molar-refractivity contribution in [1.82, 2.24) is 4.90 Å². The molecule has 3 nitrogen and oxygen atoms in total. The van der Waals surface area contributed by atoms with Gasteiger partial charge in [0.2, 0.25) is 0 Å². The number of carboxylic acid groups (broad SMARTS) is 1. The van der Waals surface area contributed by atoms with Gasteiger partial charge in [-0.1, -0.05) is 19.3 Å². The molecule has 1 atom stereocenters. The van der Waals surface area contributed by atoms with Crippen LogP contribution in [0.25, 0.3) is 0 Å². The monoisotopic (exact) mass is 197 g/mol. The van der Waals surface area contributed by atoms with Crippen molar-refractivity contribution < 1.29 is 9.90 Å². The summed E-state index contributed by atoms with van der Waals surface area (Å²) in [5.41, 5.74) is 0. The molecule has 1 heterocycles. The molecule has 0 amide bonds. The van der Waals surface area contributed by atoms with E-state index in [2.05, 4.69) is 11.9 Å². The number of hydrogen-bond donors (Lipinski definition) is 1. The first-order chi connectivity index (χ1) is 6.66.